The molecule has 7 nitrogen and oxygen atoms in total. The molecule has 42 heavy (non-hydrogen) atoms. The van der Waals surface area contributed by atoms with Crippen molar-refractivity contribution in [1.29, 1.82) is 0 Å². The minimum atomic E-state index is -0.682. The molecule has 5 rings (SSSR count). The summed E-state index contributed by atoms with van der Waals surface area (Å²) < 4.78 is 22.1. The lowest BCUT2D eigenvalue weighted by Crippen LogP contribution is -2.57. The van der Waals surface area contributed by atoms with E-state index in [1.807, 2.05) is 65.2 Å². The number of amides is 2. The molecule has 1 unspecified atom stereocenters. The third-order valence-electron chi connectivity index (χ3n) is 7.72. The Hall–Kier alpha value is -4.46. The topological polar surface area (TPSA) is 71.3 Å². The van der Waals surface area contributed by atoms with Gasteiger partial charge in [-0.1, -0.05) is 48.5 Å². The maximum atomic E-state index is 14.6. The van der Waals surface area contributed by atoms with Crippen molar-refractivity contribution in [3.8, 4) is 11.1 Å². The number of aromatic nitrogens is 1. The van der Waals surface area contributed by atoms with Gasteiger partial charge < -0.3 is 23.7 Å². The summed E-state index contributed by atoms with van der Waals surface area (Å²) in [4.78, 5) is 42.3. The van der Waals surface area contributed by atoms with E-state index in [0.717, 1.165) is 34.1 Å². The van der Waals surface area contributed by atoms with Crippen molar-refractivity contribution >= 4 is 23.8 Å². The quantitative estimate of drug-likeness (QED) is 0.256. The van der Waals surface area contributed by atoms with Gasteiger partial charge in [0, 0.05) is 44.2 Å². The molecule has 0 spiro atoms. The van der Waals surface area contributed by atoms with Crippen LogP contribution in [0.15, 0.2) is 72.9 Å². The van der Waals surface area contributed by atoms with Crippen molar-refractivity contribution in [2.24, 2.45) is 0 Å². The number of carbonyl (C=O) groups excluding carboxylic acids is 3. The maximum Gasteiger partial charge on any atom is 0.410 e. The van der Waals surface area contributed by atoms with Crippen LogP contribution >= 0.6 is 0 Å². The van der Waals surface area contributed by atoms with Crippen LogP contribution in [0.3, 0.4) is 0 Å². The maximum absolute atomic E-state index is 14.6. The molecule has 1 aliphatic heterocycles. The summed E-state index contributed by atoms with van der Waals surface area (Å²) in [5, 5.41) is 0. The lowest BCUT2D eigenvalue weighted by molar-refractivity contribution is -0.109. The molecular formula is C34H36FN3O4. The molecule has 1 aliphatic rings. The van der Waals surface area contributed by atoms with Gasteiger partial charge in [0.2, 0.25) is 0 Å². The fourth-order valence-corrected chi connectivity index (χ4v) is 5.69. The summed E-state index contributed by atoms with van der Waals surface area (Å²) in [6.45, 7) is 7.86. The molecule has 0 bridgehead atoms. The molecule has 2 aromatic carbocycles. The van der Waals surface area contributed by atoms with Crippen molar-refractivity contribution in [3.05, 3.63) is 101 Å². The van der Waals surface area contributed by atoms with E-state index in [-0.39, 0.29) is 37.8 Å². The highest BCUT2D eigenvalue weighted by atomic mass is 19.1. The number of ether oxygens (including phenoxy) is 1. The number of piperazine rings is 1. The van der Waals surface area contributed by atoms with Crippen molar-refractivity contribution < 1.29 is 23.5 Å². The SMILES string of the molecule is Cc1c(F)cccc1Cc1c(-c2ccccc2)c2ccccn2c1C(=O)N1CCN(C(=O)OC(C)(C)C)C(CC=O)C1. The van der Waals surface area contributed by atoms with Crippen LogP contribution in [0.2, 0.25) is 0 Å². The Balaban J connectivity index is 1.60. The molecule has 218 valence electrons. The van der Waals surface area contributed by atoms with Gasteiger partial charge in [0.1, 0.15) is 23.4 Å². The predicted molar refractivity (Wildman–Crippen MR) is 160 cm³/mol. The molecule has 2 aromatic heterocycles. The number of hydrogen-bond acceptors (Lipinski definition) is 4. The van der Waals surface area contributed by atoms with Gasteiger partial charge in [0.25, 0.3) is 5.91 Å². The number of aldehydes is 1. The van der Waals surface area contributed by atoms with E-state index in [1.54, 1.807) is 43.6 Å². The summed E-state index contributed by atoms with van der Waals surface area (Å²) in [6, 6.07) is 20.2. The molecule has 2 amide bonds. The van der Waals surface area contributed by atoms with Crippen LogP contribution in [0.1, 0.15) is 54.4 Å². The highest BCUT2D eigenvalue weighted by Crippen LogP contribution is 2.36. The molecule has 3 heterocycles. The molecule has 1 fully saturated rings. The highest BCUT2D eigenvalue weighted by Gasteiger charge is 2.37. The Labute approximate surface area is 245 Å². The van der Waals surface area contributed by atoms with Gasteiger partial charge in [-0.05, 0) is 68.1 Å². The van der Waals surface area contributed by atoms with E-state index in [9.17, 15) is 18.8 Å². The molecule has 0 saturated carbocycles. The number of pyridine rings is 1. The lowest BCUT2D eigenvalue weighted by atomic mass is 9.93. The fourth-order valence-electron chi connectivity index (χ4n) is 5.69. The first-order valence-corrected chi connectivity index (χ1v) is 14.2. The van der Waals surface area contributed by atoms with Crippen LogP contribution in [0, 0.1) is 12.7 Å². The number of rotatable bonds is 6. The van der Waals surface area contributed by atoms with Crippen LogP contribution in [0.5, 0.6) is 0 Å². The van der Waals surface area contributed by atoms with E-state index in [1.165, 1.54) is 6.07 Å². The van der Waals surface area contributed by atoms with E-state index >= 15 is 0 Å². The lowest BCUT2D eigenvalue weighted by Gasteiger charge is -2.41. The Bertz CT molecular complexity index is 1620. The molecule has 0 N–H and O–H groups in total. The number of fused-ring (bicyclic) bond motifs is 1. The Morgan fingerprint density at radius 2 is 1.74 bits per heavy atom. The number of nitrogens with zero attached hydrogens (tertiary/aromatic N) is 3. The van der Waals surface area contributed by atoms with Crippen molar-refractivity contribution in [1.82, 2.24) is 14.2 Å². The van der Waals surface area contributed by atoms with E-state index < -0.39 is 17.7 Å². The van der Waals surface area contributed by atoms with Crippen LogP contribution in [-0.2, 0) is 16.0 Å². The summed E-state index contributed by atoms with van der Waals surface area (Å²) in [5.41, 5.74) is 4.69. The van der Waals surface area contributed by atoms with Crippen molar-refractivity contribution in [2.45, 2.75) is 52.2 Å². The number of hydrogen-bond donors (Lipinski definition) is 0. The normalized spacial score (nSPS) is 15.6. The predicted octanol–water partition coefficient (Wildman–Crippen LogP) is 6.30. The van der Waals surface area contributed by atoms with Crippen LogP contribution in [-0.4, -0.2) is 63.8 Å². The number of benzene rings is 2. The second kappa shape index (κ2) is 11.8. The van der Waals surface area contributed by atoms with E-state index in [0.29, 0.717) is 17.7 Å². The summed E-state index contributed by atoms with van der Waals surface area (Å²) in [7, 11) is 0. The third-order valence-corrected chi connectivity index (χ3v) is 7.72. The van der Waals surface area contributed by atoms with E-state index in [4.69, 9.17) is 4.74 Å². The Kier molecular flexibility index (Phi) is 8.16. The second-order valence-corrected chi connectivity index (χ2v) is 11.7. The van der Waals surface area contributed by atoms with Gasteiger partial charge in [-0.15, -0.1) is 0 Å². The molecule has 1 saturated heterocycles. The first-order chi connectivity index (χ1) is 20.1. The van der Waals surface area contributed by atoms with Gasteiger partial charge in [-0.3, -0.25) is 4.79 Å². The van der Waals surface area contributed by atoms with Gasteiger partial charge in [0.05, 0.1) is 11.6 Å². The monoisotopic (exact) mass is 569 g/mol. The van der Waals surface area contributed by atoms with Gasteiger partial charge in [0.15, 0.2) is 0 Å². The first kappa shape index (κ1) is 29.0. The van der Waals surface area contributed by atoms with Crippen molar-refractivity contribution in [2.75, 3.05) is 19.6 Å². The Morgan fingerprint density at radius 3 is 2.45 bits per heavy atom. The second-order valence-electron chi connectivity index (χ2n) is 11.7. The number of carbonyl (C=O) groups is 3. The van der Waals surface area contributed by atoms with Crippen molar-refractivity contribution in [3.63, 3.8) is 0 Å². The smallest absolute Gasteiger partial charge is 0.410 e. The summed E-state index contributed by atoms with van der Waals surface area (Å²) >= 11 is 0. The molecule has 0 radical (unpaired) electrons. The fraction of sp³-hybridized carbons (Fsp3) is 0.324. The zero-order chi connectivity index (χ0) is 30.0. The molecular weight excluding hydrogens is 533 g/mol. The molecule has 4 aromatic rings. The van der Waals surface area contributed by atoms with Gasteiger partial charge in [-0.25, -0.2) is 9.18 Å². The minimum absolute atomic E-state index is 0.0858. The first-order valence-electron chi connectivity index (χ1n) is 14.2. The van der Waals surface area contributed by atoms with Crippen LogP contribution < -0.4 is 0 Å². The molecule has 1 atom stereocenters. The molecule has 8 heteroatoms. The average Bonchev–Trinajstić information content (AvgIpc) is 3.28. The van der Waals surface area contributed by atoms with Crippen LogP contribution in [0.25, 0.3) is 16.6 Å². The largest absolute Gasteiger partial charge is 0.444 e. The minimum Gasteiger partial charge on any atom is -0.444 e. The van der Waals surface area contributed by atoms with E-state index in [2.05, 4.69) is 0 Å². The average molecular weight is 570 g/mol. The zero-order valence-electron chi connectivity index (χ0n) is 24.5. The third kappa shape index (κ3) is 5.79. The summed E-state index contributed by atoms with van der Waals surface area (Å²) in [6.07, 6.45) is 2.59. The van der Waals surface area contributed by atoms with Gasteiger partial charge in [-0.2, -0.15) is 0 Å². The van der Waals surface area contributed by atoms with Gasteiger partial charge >= 0.3 is 6.09 Å². The molecule has 0 aliphatic carbocycles. The standard InChI is InChI=1S/C34H36FN3O4/c1-23-25(13-10-14-28(23)35)21-27-30(24-11-6-5-7-12-24)29-15-8-9-17-38(29)31(27)32(40)36-18-19-37(26(22-36)16-20-39)33(41)42-34(2,3)4/h5-15,17,20,26H,16,18-19,21-22H2,1-4H3. The highest BCUT2D eigenvalue weighted by molar-refractivity contribution is 6.01. The Morgan fingerprint density at radius 1 is 1.00 bits per heavy atom. The zero-order valence-corrected chi connectivity index (χ0v) is 24.5. The number of halogens is 1. The summed E-state index contributed by atoms with van der Waals surface area (Å²) in [5.74, 6) is -0.498. The van der Waals surface area contributed by atoms with Crippen LogP contribution in [0.4, 0.5) is 9.18 Å².